The summed E-state index contributed by atoms with van der Waals surface area (Å²) in [5.41, 5.74) is -0.259. The van der Waals surface area contributed by atoms with Crippen LogP contribution in [0.25, 0.3) is 0 Å². The number of halogens is 2. The first-order chi connectivity index (χ1) is 9.45. The lowest BCUT2D eigenvalue weighted by Gasteiger charge is -2.12. The van der Waals surface area contributed by atoms with Gasteiger partial charge in [0.1, 0.15) is 11.6 Å². The first kappa shape index (κ1) is 14.4. The van der Waals surface area contributed by atoms with Crippen molar-refractivity contribution in [3.05, 3.63) is 35.4 Å². The van der Waals surface area contributed by atoms with Gasteiger partial charge in [-0.25, -0.2) is 13.6 Å². The number of carbonyl (C=O) groups excluding carboxylic acids is 2. The second-order valence-electron chi connectivity index (χ2n) is 4.93. The van der Waals surface area contributed by atoms with E-state index >= 15 is 0 Å². The zero-order valence-corrected chi connectivity index (χ0v) is 11.0. The van der Waals surface area contributed by atoms with Gasteiger partial charge in [0.25, 0.3) is 5.91 Å². The van der Waals surface area contributed by atoms with Crippen LogP contribution in [0.2, 0.25) is 0 Å². The molecule has 2 rings (SSSR count). The topological polar surface area (TPSA) is 55.4 Å². The van der Waals surface area contributed by atoms with Gasteiger partial charge in [-0.2, -0.15) is 0 Å². The van der Waals surface area contributed by atoms with E-state index in [2.05, 4.69) is 5.32 Å². The van der Waals surface area contributed by atoms with Crippen LogP contribution >= 0.6 is 0 Å². The molecule has 1 aromatic carbocycles. The van der Waals surface area contributed by atoms with Gasteiger partial charge >= 0.3 is 5.97 Å². The van der Waals surface area contributed by atoms with Gasteiger partial charge in [-0.15, -0.1) is 0 Å². The number of ether oxygens (including phenoxy) is 1. The molecule has 20 heavy (non-hydrogen) atoms. The molecular weight excluding hydrogens is 268 g/mol. The van der Waals surface area contributed by atoms with Crippen molar-refractivity contribution < 1.29 is 23.1 Å². The molecule has 0 heterocycles. The molecule has 1 fully saturated rings. The monoisotopic (exact) mass is 283 g/mol. The Kier molecular flexibility index (Phi) is 4.32. The van der Waals surface area contributed by atoms with Gasteiger partial charge in [-0.05, 0) is 37.8 Å². The van der Waals surface area contributed by atoms with Gasteiger partial charge in [-0.3, -0.25) is 4.79 Å². The molecule has 1 aliphatic carbocycles. The summed E-state index contributed by atoms with van der Waals surface area (Å²) in [6.07, 6.45) is 2.17. The molecule has 1 aromatic rings. The largest absolute Gasteiger partial charge is 0.452 e. The maximum absolute atomic E-state index is 12.9. The normalized spacial score (nSPS) is 15.6. The first-order valence-corrected chi connectivity index (χ1v) is 6.38. The summed E-state index contributed by atoms with van der Waals surface area (Å²) in [4.78, 5) is 23.1. The second-order valence-corrected chi connectivity index (χ2v) is 4.93. The number of esters is 1. The summed E-state index contributed by atoms with van der Waals surface area (Å²) >= 11 is 0. The summed E-state index contributed by atoms with van der Waals surface area (Å²) in [5, 5.41) is 2.71. The predicted octanol–water partition coefficient (Wildman–Crippen LogP) is 2.04. The van der Waals surface area contributed by atoms with E-state index in [1.807, 2.05) is 6.92 Å². The van der Waals surface area contributed by atoms with Crippen molar-refractivity contribution in [2.75, 3.05) is 6.61 Å². The molecule has 0 spiro atoms. The first-order valence-electron chi connectivity index (χ1n) is 6.38. The summed E-state index contributed by atoms with van der Waals surface area (Å²) in [6.45, 7) is 1.42. The van der Waals surface area contributed by atoms with E-state index in [0.29, 0.717) is 12.0 Å². The Hall–Kier alpha value is -1.98. The van der Waals surface area contributed by atoms with Gasteiger partial charge < -0.3 is 10.1 Å². The minimum Gasteiger partial charge on any atom is -0.452 e. The highest BCUT2D eigenvalue weighted by Crippen LogP contribution is 2.32. The van der Waals surface area contributed by atoms with Crippen LogP contribution in [0.3, 0.4) is 0 Å². The summed E-state index contributed by atoms with van der Waals surface area (Å²) < 4.78 is 30.6. The number of hydrogen-bond acceptors (Lipinski definition) is 3. The average Bonchev–Trinajstić information content (AvgIpc) is 3.18. The van der Waals surface area contributed by atoms with E-state index in [9.17, 15) is 18.4 Å². The molecule has 1 aliphatic rings. The molecule has 0 unspecified atom stereocenters. The number of nitrogens with one attached hydrogen (secondary N) is 1. The van der Waals surface area contributed by atoms with Crippen LogP contribution in [0.4, 0.5) is 8.78 Å². The van der Waals surface area contributed by atoms with Crippen molar-refractivity contribution in [3.63, 3.8) is 0 Å². The molecule has 1 atom stereocenters. The maximum atomic E-state index is 12.9. The third-order valence-corrected chi connectivity index (χ3v) is 3.15. The number of rotatable bonds is 5. The van der Waals surface area contributed by atoms with E-state index in [0.717, 1.165) is 25.0 Å². The Morgan fingerprint density at radius 1 is 1.30 bits per heavy atom. The molecule has 0 aromatic heterocycles. The molecular formula is C14H15F2NO3. The highest BCUT2D eigenvalue weighted by atomic mass is 19.1. The third-order valence-electron chi connectivity index (χ3n) is 3.15. The zero-order valence-electron chi connectivity index (χ0n) is 11.0. The predicted molar refractivity (Wildman–Crippen MR) is 67.0 cm³/mol. The number of hydrogen-bond donors (Lipinski definition) is 1. The molecule has 4 nitrogen and oxygen atoms in total. The molecule has 0 saturated heterocycles. The van der Waals surface area contributed by atoms with Crippen molar-refractivity contribution in [1.29, 1.82) is 0 Å². The lowest BCUT2D eigenvalue weighted by Crippen LogP contribution is -2.37. The fraction of sp³-hybridized carbons (Fsp3) is 0.429. The number of carbonyl (C=O) groups is 2. The fourth-order valence-corrected chi connectivity index (χ4v) is 1.90. The Balaban J connectivity index is 1.83. The van der Waals surface area contributed by atoms with Crippen LogP contribution in [0.15, 0.2) is 18.2 Å². The average molecular weight is 283 g/mol. The Bertz CT molecular complexity index is 509. The minimum absolute atomic E-state index is 0.0489. The number of benzene rings is 1. The van der Waals surface area contributed by atoms with Gasteiger partial charge in [-0.1, -0.05) is 0 Å². The van der Waals surface area contributed by atoms with E-state index in [-0.39, 0.29) is 11.6 Å². The molecule has 1 saturated carbocycles. The lowest BCUT2D eigenvalue weighted by molar-refractivity contribution is -0.124. The summed E-state index contributed by atoms with van der Waals surface area (Å²) in [5.74, 6) is -2.60. The van der Waals surface area contributed by atoms with Gasteiger partial charge in [0.05, 0.1) is 5.56 Å². The molecule has 6 heteroatoms. The van der Waals surface area contributed by atoms with Crippen molar-refractivity contribution in [2.45, 2.75) is 25.8 Å². The highest BCUT2D eigenvalue weighted by Gasteiger charge is 2.29. The van der Waals surface area contributed by atoms with Crippen LogP contribution in [-0.4, -0.2) is 24.5 Å². The lowest BCUT2D eigenvalue weighted by atomic mass is 10.2. The Morgan fingerprint density at radius 3 is 2.45 bits per heavy atom. The fourth-order valence-electron chi connectivity index (χ4n) is 1.90. The zero-order chi connectivity index (χ0) is 14.7. The van der Waals surface area contributed by atoms with Crippen molar-refractivity contribution in [3.8, 4) is 0 Å². The van der Waals surface area contributed by atoms with Gasteiger partial charge in [0.15, 0.2) is 6.61 Å². The van der Waals surface area contributed by atoms with Crippen molar-refractivity contribution >= 4 is 11.9 Å². The highest BCUT2D eigenvalue weighted by molar-refractivity contribution is 5.91. The minimum atomic E-state index is -0.933. The van der Waals surface area contributed by atoms with Crippen LogP contribution in [-0.2, 0) is 9.53 Å². The second kappa shape index (κ2) is 5.98. The van der Waals surface area contributed by atoms with Crippen LogP contribution in [0, 0.1) is 17.6 Å². The quantitative estimate of drug-likeness (QED) is 0.841. The van der Waals surface area contributed by atoms with Crippen LogP contribution < -0.4 is 5.32 Å². The molecule has 0 aliphatic heterocycles. The van der Waals surface area contributed by atoms with Crippen LogP contribution in [0.1, 0.15) is 30.1 Å². The van der Waals surface area contributed by atoms with E-state index in [1.165, 1.54) is 0 Å². The van der Waals surface area contributed by atoms with E-state index in [1.54, 1.807) is 0 Å². The van der Waals surface area contributed by atoms with E-state index < -0.39 is 30.1 Å². The SMILES string of the molecule is C[C@H](NC(=O)COC(=O)c1cc(F)cc(F)c1)C1CC1. The molecule has 1 amide bonds. The molecule has 0 radical (unpaired) electrons. The number of amides is 1. The van der Waals surface area contributed by atoms with Gasteiger partial charge in [0.2, 0.25) is 0 Å². The smallest absolute Gasteiger partial charge is 0.338 e. The Morgan fingerprint density at radius 2 is 1.90 bits per heavy atom. The standard InChI is InChI=1S/C14H15F2NO3/c1-8(9-2-3-9)17-13(18)7-20-14(19)10-4-11(15)6-12(16)5-10/h4-6,8-9H,2-3,7H2,1H3,(H,17,18)/t8-/m0/s1. The van der Waals surface area contributed by atoms with Gasteiger partial charge in [0, 0.05) is 12.1 Å². The maximum Gasteiger partial charge on any atom is 0.338 e. The molecule has 108 valence electrons. The summed E-state index contributed by atoms with van der Waals surface area (Å²) in [6, 6.07) is 2.42. The molecule has 0 bridgehead atoms. The Labute approximate surface area is 115 Å². The third kappa shape index (κ3) is 4.01. The molecule has 1 N–H and O–H groups in total. The van der Waals surface area contributed by atoms with Crippen molar-refractivity contribution in [1.82, 2.24) is 5.32 Å². The van der Waals surface area contributed by atoms with Crippen LogP contribution in [0.5, 0.6) is 0 Å². The van der Waals surface area contributed by atoms with Crippen molar-refractivity contribution in [2.24, 2.45) is 5.92 Å². The summed E-state index contributed by atoms with van der Waals surface area (Å²) in [7, 11) is 0. The van der Waals surface area contributed by atoms with E-state index in [4.69, 9.17) is 4.74 Å².